The molecule has 2 aliphatic rings. The van der Waals surface area contributed by atoms with E-state index in [1.807, 2.05) is 0 Å². The highest BCUT2D eigenvalue weighted by molar-refractivity contribution is 6.04. The molecule has 1 aromatic rings. The summed E-state index contributed by atoms with van der Waals surface area (Å²) in [4.78, 5) is 16.1. The molecule has 2 fully saturated rings. The Kier molecular flexibility index (Phi) is 6.32. The summed E-state index contributed by atoms with van der Waals surface area (Å²) in [6.45, 7) is 3.81. The lowest BCUT2D eigenvalue weighted by Crippen LogP contribution is -2.52. The smallest absolute Gasteiger partial charge is 0.288 e. The zero-order chi connectivity index (χ0) is 23.0. The van der Waals surface area contributed by atoms with Gasteiger partial charge in [-0.15, -0.1) is 0 Å². The molecule has 0 saturated heterocycles. The van der Waals surface area contributed by atoms with Crippen molar-refractivity contribution >= 4 is 11.7 Å². The van der Waals surface area contributed by atoms with Crippen LogP contribution in [0.15, 0.2) is 22.4 Å². The van der Waals surface area contributed by atoms with Crippen LogP contribution < -0.4 is 10.6 Å². The normalized spacial score (nSPS) is 23.1. The number of nitrogens with zero attached hydrogens (tertiary/aromatic N) is 4. The summed E-state index contributed by atoms with van der Waals surface area (Å²) in [7, 11) is 0. The largest absolute Gasteiger partial charge is 0.351 e. The molecular formula is C19H24F6N6. The molecule has 2 N–H and O–H groups in total. The molecular weight excluding hydrogens is 426 g/mol. The minimum Gasteiger partial charge on any atom is -0.351 e. The van der Waals surface area contributed by atoms with Crippen molar-refractivity contribution in [3.63, 3.8) is 0 Å². The van der Waals surface area contributed by atoms with Crippen molar-refractivity contribution in [1.29, 1.82) is 0 Å². The topological polar surface area (TPSA) is 74.6 Å². The fraction of sp³-hybridized carbons (Fsp3) is 0.684. The molecule has 0 aromatic carbocycles. The molecule has 1 unspecified atom stereocenters. The van der Waals surface area contributed by atoms with Crippen LogP contribution in [0.3, 0.4) is 0 Å². The monoisotopic (exact) mass is 450 g/mol. The Morgan fingerprint density at radius 2 is 1.68 bits per heavy atom. The zero-order valence-corrected chi connectivity index (χ0v) is 17.3. The van der Waals surface area contributed by atoms with Crippen molar-refractivity contribution in [2.75, 3.05) is 0 Å². The van der Waals surface area contributed by atoms with Gasteiger partial charge in [-0.3, -0.25) is 10.3 Å². The van der Waals surface area contributed by atoms with Gasteiger partial charge in [-0.05, 0) is 13.8 Å². The van der Waals surface area contributed by atoms with E-state index in [-0.39, 0.29) is 30.2 Å². The number of aromatic nitrogens is 2. The number of halogens is 6. The molecule has 12 heteroatoms. The second-order valence-corrected chi connectivity index (χ2v) is 8.24. The Balaban J connectivity index is 1.77. The van der Waals surface area contributed by atoms with Crippen molar-refractivity contribution < 1.29 is 26.3 Å². The highest BCUT2D eigenvalue weighted by Gasteiger charge is 2.46. The Labute approximate surface area is 175 Å². The molecule has 0 spiro atoms. The van der Waals surface area contributed by atoms with E-state index in [1.165, 1.54) is 13.1 Å². The van der Waals surface area contributed by atoms with E-state index in [0.717, 1.165) is 6.20 Å². The number of hydrogen-bond donors (Lipinski definition) is 2. The maximum atomic E-state index is 13.5. The van der Waals surface area contributed by atoms with Gasteiger partial charge >= 0.3 is 0 Å². The van der Waals surface area contributed by atoms with E-state index in [1.54, 1.807) is 6.92 Å². The third-order valence-corrected chi connectivity index (χ3v) is 5.03. The van der Waals surface area contributed by atoms with Crippen LogP contribution in [0.1, 0.15) is 57.8 Å². The second-order valence-electron chi connectivity index (χ2n) is 8.24. The highest BCUT2D eigenvalue weighted by Crippen LogP contribution is 2.38. The number of nitrogens with one attached hydrogen (secondary N) is 2. The van der Waals surface area contributed by atoms with Gasteiger partial charge < -0.3 is 5.32 Å². The standard InChI is InChI=1S/C19H24F6N6/c1-10(14-8-26-9-15(31-14)17(3,20)21)27-16(30-13-6-19(24,25)7-13)29-11(2)28-12-4-18(22,23)5-12/h8-9,11-13,28H,4-7H2,1-3H3,(H,29,30)/b27-10+. The van der Waals surface area contributed by atoms with Gasteiger partial charge in [-0.25, -0.2) is 32.5 Å². The molecule has 0 bridgehead atoms. The number of alkyl halides is 6. The van der Waals surface area contributed by atoms with Gasteiger partial charge in [0.25, 0.3) is 17.8 Å². The molecule has 1 aromatic heterocycles. The Morgan fingerprint density at radius 3 is 2.23 bits per heavy atom. The first-order valence-electron chi connectivity index (χ1n) is 9.84. The van der Waals surface area contributed by atoms with Crippen LogP contribution in [0.5, 0.6) is 0 Å². The zero-order valence-electron chi connectivity index (χ0n) is 17.3. The molecule has 1 heterocycles. The number of aliphatic imine (C=N–C) groups is 2. The fourth-order valence-corrected chi connectivity index (χ4v) is 3.35. The van der Waals surface area contributed by atoms with Crippen molar-refractivity contribution in [3.05, 3.63) is 23.8 Å². The van der Waals surface area contributed by atoms with E-state index in [2.05, 4.69) is 30.6 Å². The quantitative estimate of drug-likeness (QED) is 0.392. The van der Waals surface area contributed by atoms with Gasteiger partial charge in [0.05, 0.1) is 18.1 Å². The van der Waals surface area contributed by atoms with Crippen LogP contribution in [-0.4, -0.2) is 51.7 Å². The third-order valence-electron chi connectivity index (χ3n) is 5.03. The molecule has 0 radical (unpaired) electrons. The summed E-state index contributed by atoms with van der Waals surface area (Å²) in [6.07, 6.45) is 0.171. The summed E-state index contributed by atoms with van der Waals surface area (Å²) < 4.78 is 79.5. The lowest BCUT2D eigenvalue weighted by molar-refractivity contribution is -0.0942. The molecule has 1 atom stereocenters. The Bertz CT molecular complexity index is 850. The van der Waals surface area contributed by atoms with E-state index < -0.39 is 54.6 Å². The Hall–Kier alpha value is -2.24. The maximum absolute atomic E-state index is 13.5. The van der Waals surface area contributed by atoms with Gasteiger partial charge in [0, 0.05) is 44.7 Å². The average Bonchev–Trinajstić information content (AvgIpc) is 2.57. The molecule has 2 saturated carbocycles. The van der Waals surface area contributed by atoms with Gasteiger partial charge in [-0.2, -0.15) is 8.78 Å². The van der Waals surface area contributed by atoms with Crippen molar-refractivity contribution in [2.45, 2.75) is 82.5 Å². The minimum atomic E-state index is -3.20. The van der Waals surface area contributed by atoms with E-state index in [0.29, 0.717) is 6.92 Å². The van der Waals surface area contributed by atoms with Crippen LogP contribution in [0.4, 0.5) is 26.3 Å². The molecule has 0 amide bonds. The molecule has 6 nitrogen and oxygen atoms in total. The first-order valence-corrected chi connectivity index (χ1v) is 9.84. The average molecular weight is 450 g/mol. The van der Waals surface area contributed by atoms with Crippen LogP contribution in [-0.2, 0) is 5.92 Å². The van der Waals surface area contributed by atoms with Crippen LogP contribution in [0.25, 0.3) is 0 Å². The molecule has 0 aliphatic heterocycles. The van der Waals surface area contributed by atoms with Crippen LogP contribution in [0, 0.1) is 0 Å². The highest BCUT2D eigenvalue weighted by atomic mass is 19.3. The number of rotatable bonds is 6. The summed E-state index contributed by atoms with van der Waals surface area (Å²) in [6, 6.07) is -0.981. The lowest BCUT2D eigenvalue weighted by atomic mass is 9.88. The summed E-state index contributed by atoms with van der Waals surface area (Å²) in [5.41, 5.74) is -0.268. The maximum Gasteiger partial charge on any atom is 0.288 e. The molecule has 2 aliphatic carbocycles. The van der Waals surface area contributed by atoms with Crippen LogP contribution >= 0.6 is 0 Å². The van der Waals surface area contributed by atoms with E-state index in [9.17, 15) is 26.3 Å². The van der Waals surface area contributed by atoms with E-state index in [4.69, 9.17) is 0 Å². The van der Waals surface area contributed by atoms with Gasteiger partial charge in [0.1, 0.15) is 17.6 Å². The minimum absolute atomic E-state index is 0.0143. The fourth-order valence-electron chi connectivity index (χ4n) is 3.35. The summed E-state index contributed by atoms with van der Waals surface area (Å²) in [5, 5.41) is 5.73. The third kappa shape index (κ3) is 6.37. The SMILES string of the molecule is C/C(=N\C(=N/C(C)NC1CC(F)(F)C1)NC1CC(F)(F)C1)c1cncc(C(C)(F)F)n1. The number of guanidine groups is 1. The summed E-state index contributed by atoms with van der Waals surface area (Å²) >= 11 is 0. The first-order chi connectivity index (χ1) is 14.2. The predicted molar refractivity (Wildman–Crippen MR) is 103 cm³/mol. The lowest BCUT2D eigenvalue weighted by Gasteiger charge is -2.37. The molecule has 172 valence electrons. The van der Waals surface area contributed by atoms with Crippen molar-refractivity contribution in [3.8, 4) is 0 Å². The van der Waals surface area contributed by atoms with Crippen LogP contribution in [0.2, 0.25) is 0 Å². The van der Waals surface area contributed by atoms with E-state index >= 15 is 0 Å². The number of hydrogen-bond acceptors (Lipinski definition) is 4. The van der Waals surface area contributed by atoms with Gasteiger partial charge in [0.2, 0.25) is 5.96 Å². The second kappa shape index (κ2) is 8.36. The van der Waals surface area contributed by atoms with Crippen molar-refractivity contribution in [1.82, 2.24) is 20.6 Å². The first kappa shape index (κ1) is 23.4. The molecule has 31 heavy (non-hydrogen) atoms. The van der Waals surface area contributed by atoms with Crippen molar-refractivity contribution in [2.24, 2.45) is 9.98 Å². The summed E-state index contributed by atoms with van der Waals surface area (Å²) in [5.74, 6) is -8.67. The van der Waals surface area contributed by atoms with Gasteiger partial charge in [-0.1, -0.05) is 0 Å². The Morgan fingerprint density at radius 1 is 1.10 bits per heavy atom. The predicted octanol–water partition coefficient (Wildman–Crippen LogP) is 3.87. The molecule has 3 rings (SSSR count). The van der Waals surface area contributed by atoms with Gasteiger partial charge in [0.15, 0.2) is 0 Å².